The predicted octanol–water partition coefficient (Wildman–Crippen LogP) is 12.2. The molecular formula is C40H84IN3O2. The molecule has 4 N–H and O–H groups in total. The Hall–Kier alpha value is -2.10. The van der Waals surface area contributed by atoms with Gasteiger partial charge in [-0.25, -0.2) is 0 Å². The summed E-state index contributed by atoms with van der Waals surface area (Å²) in [5.41, 5.74) is 7.90. The molecule has 3 aromatic rings. The second-order valence-corrected chi connectivity index (χ2v) is 5.97. The third-order valence-corrected chi connectivity index (χ3v) is 3.38. The third kappa shape index (κ3) is 78.4. The SMILES string of the molecule is C.C.CC.CC.CC.CC.CC.CC.CN.CNCc1ccccc1.CNCc1ccccc1.COC.I.O=Cc1ccccc1. The Morgan fingerprint density at radius 1 is 0.522 bits per heavy atom. The molecule has 0 radical (unpaired) electrons. The molecule has 0 aliphatic rings. The molecule has 3 rings (SSSR count). The third-order valence-electron chi connectivity index (χ3n) is 3.38. The number of nitrogens with two attached hydrogens (primary N) is 1. The van der Waals surface area contributed by atoms with Crippen molar-refractivity contribution in [2.45, 2.75) is 111 Å². The standard InChI is InChI=1S/2C8H11N.C7H6O.C2H6O.6C2H6.CH5N.2CH4.HI/c2*1-9-7-8-5-3-2-4-6-8;8-6-7-4-2-1-3-5-7;1-3-2;7*1-2;;;/h2*2-6,9H,7H2,1H3;1-6H;1-2H3;6*1-2H3;2H2,1H3;2*1H4;1H. The fraction of sp³-hybridized carbons (Fsp3) is 0.525. The van der Waals surface area contributed by atoms with Gasteiger partial charge in [0.2, 0.25) is 0 Å². The van der Waals surface area contributed by atoms with Crippen LogP contribution in [-0.2, 0) is 17.8 Å². The van der Waals surface area contributed by atoms with Crippen molar-refractivity contribution in [1.82, 2.24) is 10.6 Å². The predicted molar refractivity (Wildman–Crippen MR) is 230 cm³/mol. The number of hydrogen-bond acceptors (Lipinski definition) is 5. The molecule has 5 nitrogen and oxygen atoms in total. The molecule has 0 aromatic heterocycles. The zero-order chi connectivity index (χ0) is 35.6. The summed E-state index contributed by atoms with van der Waals surface area (Å²) in [5, 5.41) is 6.17. The van der Waals surface area contributed by atoms with Crippen molar-refractivity contribution in [1.29, 1.82) is 0 Å². The molecule has 0 heterocycles. The molecule has 0 aliphatic heterocycles. The van der Waals surface area contributed by atoms with E-state index in [9.17, 15) is 4.79 Å². The van der Waals surface area contributed by atoms with Crippen LogP contribution in [0.2, 0.25) is 0 Å². The summed E-state index contributed by atoms with van der Waals surface area (Å²) >= 11 is 0. The quantitative estimate of drug-likeness (QED) is 0.178. The Kier molecular flexibility index (Phi) is 157. The van der Waals surface area contributed by atoms with Gasteiger partial charge in [-0.2, -0.15) is 0 Å². The summed E-state index contributed by atoms with van der Waals surface area (Å²) < 4.78 is 4.25. The molecule has 278 valence electrons. The van der Waals surface area contributed by atoms with Crippen molar-refractivity contribution in [2.75, 3.05) is 35.4 Å². The fourth-order valence-corrected chi connectivity index (χ4v) is 2.13. The number of hydrogen-bond donors (Lipinski definition) is 3. The topological polar surface area (TPSA) is 76.4 Å². The van der Waals surface area contributed by atoms with Crippen LogP contribution < -0.4 is 16.4 Å². The summed E-state index contributed by atoms with van der Waals surface area (Å²) in [4.78, 5) is 10.0. The van der Waals surface area contributed by atoms with Crippen molar-refractivity contribution in [3.8, 4) is 0 Å². The molecule has 0 unspecified atom stereocenters. The van der Waals surface area contributed by atoms with Gasteiger partial charge in [-0.1, -0.05) is 189 Å². The molecule has 0 saturated carbocycles. The van der Waals surface area contributed by atoms with Crippen molar-refractivity contribution < 1.29 is 9.53 Å². The van der Waals surface area contributed by atoms with Crippen LogP contribution >= 0.6 is 24.0 Å². The van der Waals surface area contributed by atoms with Crippen LogP contribution in [0.5, 0.6) is 0 Å². The van der Waals surface area contributed by atoms with E-state index in [1.165, 1.54) is 18.2 Å². The normalized spacial score (nSPS) is 6.48. The van der Waals surface area contributed by atoms with Gasteiger partial charge in [0, 0.05) is 32.9 Å². The summed E-state index contributed by atoms with van der Waals surface area (Å²) in [6.45, 7) is 25.9. The molecule has 0 amide bonds. The van der Waals surface area contributed by atoms with Gasteiger partial charge in [-0.3, -0.25) is 4.79 Å². The number of benzene rings is 3. The van der Waals surface area contributed by atoms with E-state index >= 15 is 0 Å². The van der Waals surface area contributed by atoms with Crippen LogP contribution in [0.15, 0.2) is 91.0 Å². The lowest BCUT2D eigenvalue weighted by Crippen LogP contribution is -2.04. The molecule has 0 atom stereocenters. The van der Waals surface area contributed by atoms with Gasteiger partial charge in [0.15, 0.2) is 0 Å². The average molecular weight is 766 g/mol. The maximum Gasteiger partial charge on any atom is 0.150 e. The highest BCUT2D eigenvalue weighted by molar-refractivity contribution is 14.0. The Morgan fingerprint density at radius 2 is 0.717 bits per heavy atom. The van der Waals surface area contributed by atoms with Crippen LogP contribution in [0, 0.1) is 0 Å². The van der Waals surface area contributed by atoms with E-state index in [2.05, 4.69) is 45.4 Å². The highest BCUT2D eigenvalue weighted by Gasteiger charge is 1.84. The van der Waals surface area contributed by atoms with E-state index in [4.69, 9.17) is 0 Å². The number of methoxy groups -OCH3 is 1. The molecular weight excluding hydrogens is 681 g/mol. The molecule has 0 saturated heterocycles. The average Bonchev–Trinajstić information content (AvgIpc) is 3.13. The smallest absolute Gasteiger partial charge is 0.150 e. The molecule has 46 heavy (non-hydrogen) atoms. The largest absolute Gasteiger partial charge is 0.388 e. The van der Waals surface area contributed by atoms with Crippen molar-refractivity contribution >= 4 is 30.3 Å². The second kappa shape index (κ2) is 96.8. The molecule has 0 spiro atoms. The lowest BCUT2D eigenvalue weighted by molar-refractivity contribution is 0.112. The van der Waals surface area contributed by atoms with Crippen LogP contribution in [0.3, 0.4) is 0 Å². The van der Waals surface area contributed by atoms with E-state index in [0.29, 0.717) is 0 Å². The first-order valence-corrected chi connectivity index (χ1v) is 16.1. The van der Waals surface area contributed by atoms with Crippen molar-refractivity contribution in [3.05, 3.63) is 108 Å². The highest BCUT2D eigenvalue weighted by Crippen LogP contribution is 1.96. The second-order valence-electron chi connectivity index (χ2n) is 5.97. The van der Waals surface area contributed by atoms with Crippen LogP contribution in [-0.4, -0.2) is 41.6 Å². The monoisotopic (exact) mass is 766 g/mol. The zero-order valence-electron chi connectivity index (χ0n) is 32.0. The maximum absolute atomic E-state index is 10.0. The number of aldehydes is 1. The van der Waals surface area contributed by atoms with E-state index < -0.39 is 0 Å². The zero-order valence-corrected chi connectivity index (χ0v) is 34.3. The van der Waals surface area contributed by atoms with Gasteiger partial charge in [0.1, 0.15) is 6.29 Å². The maximum atomic E-state index is 10.0. The van der Waals surface area contributed by atoms with Gasteiger partial charge in [-0.15, -0.1) is 24.0 Å². The van der Waals surface area contributed by atoms with Gasteiger partial charge in [0.25, 0.3) is 0 Å². The van der Waals surface area contributed by atoms with E-state index in [0.717, 1.165) is 24.9 Å². The number of carbonyl (C=O) groups excluding carboxylic acids is 1. The summed E-state index contributed by atoms with van der Waals surface area (Å²) in [6, 6.07) is 29.8. The minimum atomic E-state index is 0. The Labute approximate surface area is 309 Å². The number of ether oxygens (including phenoxy) is 1. The van der Waals surface area contributed by atoms with E-state index in [1.54, 1.807) is 26.4 Å². The summed E-state index contributed by atoms with van der Waals surface area (Å²) in [7, 11) is 8.65. The van der Waals surface area contributed by atoms with Gasteiger partial charge in [-0.05, 0) is 32.3 Å². The van der Waals surface area contributed by atoms with Crippen molar-refractivity contribution in [2.24, 2.45) is 5.73 Å². The highest BCUT2D eigenvalue weighted by atomic mass is 127. The minimum absolute atomic E-state index is 0. The number of nitrogens with one attached hydrogen (secondary N) is 2. The molecule has 0 bridgehead atoms. The molecule has 3 aromatic carbocycles. The Balaban J connectivity index is -0.0000000351. The first-order chi connectivity index (χ1) is 21.2. The first kappa shape index (κ1) is 74.6. The number of halogens is 1. The summed E-state index contributed by atoms with van der Waals surface area (Å²) in [5.74, 6) is 0. The minimum Gasteiger partial charge on any atom is -0.388 e. The van der Waals surface area contributed by atoms with E-state index in [1.807, 2.05) is 152 Å². The lowest BCUT2D eigenvalue weighted by Gasteiger charge is -1.95. The fourth-order valence-electron chi connectivity index (χ4n) is 2.13. The Morgan fingerprint density at radius 3 is 0.870 bits per heavy atom. The first-order valence-electron chi connectivity index (χ1n) is 16.1. The van der Waals surface area contributed by atoms with Gasteiger partial charge in [0.05, 0.1) is 0 Å². The van der Waals surface area contributed by atoms with Crippen molar-refractivity contribution in [3.63, 3.8) is 0 Å². The van der Waals surface area contributed by atoms with Crippen LogP contribution in [0.1, 0.15) is 119 Å². The Bertz CT molecular complexity index is 677. The number of carbonyl (C=O) groups is 1. The van der Waals surface area contributed by atoms with Crippen LogP contribution in [0.4, 0.5) is 0 Å². The molecule has 6 heteroatoms. The van der Waals surface area contributed by atoms with E-state index in [-0.39, 0.29) is 38.8 Å². The molecule has 0 fully saturated rings. The van der Waals surface area contributed by atoms with Crippen LogP contribution in [0.25, 0.3) is 0 Å². The van der Waals surface area contributed by atoms with Gasteiger partial charge >= 0.3 is 0 Å². The summed E-state index contributed by atoms with van der Waals surface area (Å²) in [6.07, 6.45) is 0.833. The lowest BCUT2D eigenvalue weighted by atomic mass is 10.2. The molecule has 0 aliphatic carbocycles. The van der Waals surface area contributed by atoms with Gasteiger partial charge < -0.3 is 21.1 Å². The number of rotatable bonds is 5.